The highest BCUT2D eigenvalue weighted by molar-refractivity contribution is 6.06. The molecule has 0 radical (unpaired) electrons. The fourth-order valence-corrected chi connectivity index (χ4v) is 3.44. The topological polar surface area (TPSA) is 0 Å². The number of fused-ring (bicyclic) bond motifs is 1. The third kappa shape index (κ3) is 2.74. The van der Waals surface area contributed by atoms with E-state index in [4.69, 9.17) is 0 Å². The molecule has 0 aliphatic rings. The lowest BCUT2D eigenvalue weighted by Gasteiger charge is -2.15. The van der Waals surface area contributed by atoms with E-state index in [0.717, 1.165) is 11.1 Å². The zero-order chi connectivity index (χ0) is 20.0. The molecule has 0 fully saturated rings. The zero-order valence-electron chi connectivity index (χ0n) is 14.7. The van der Waals surface area contributed by atoms with Gasteiger partial charge in [0.15, 0.2) is 23.3 Å². The Balaban J connectivity index is 2.14. The van der Waals surface area contributed by atoms with Gasteiger partial charge in [-0.05, 0) is 34.4 Å². The molecular formula is C23H13F5. The Morgan fingerprint density at radius 1 is 0.571 bits per heavy atom. The summed E-state index contributed by atoms with van der Waals surface area (Å²) >= 11 is 0. The number of benzene rings is 4. The van der Waals surface area contributed by atoms with Crippen molar-refractivity contribution in [2.75, 3.05) is 0 Å². The lowest BCUT2D eigenvalue weighted by Crippen LogP contribution is -2.04. The maximum Gasteiger partial charge on any atom is 0.200 e. The standard InChI is InChI=1S/C23H13F5/c1-12-5-2-8-14(11-12)15-9-3-6-13-7-4-10-16(17(13)15)18-19(24)21(26)23(28)22(27)20(18)25/h2-11H,1H3. The van der Waals surface area contributed by atoms with Gasteiger partial charge in [-0.25, -0.2) is 22.0 Å². The van der Waals surface area contributed by atoms with E-state index in [0.29, 0.717) is 16.3 Å². The van der Waals surface area contributed by atoms with Crippen molar-refractivity contribution in [3.63, 3.8) is 0 Å². The molecule has 0 aliphatic heterocycles. The lowest BCUT2D eigenvalue weighted by molar-refractivity contribution is 0.381. The van der Waals surface area contributed by atoms with Gasteiger partial charge in [0.05, 0.1) is 5.56 Å². The van der Waals surface area contributed by atoms with Gasteiger partial charge in [0.1, 0.15) is 0 Å². The van der Waals surface area contributed by atoms with E-state index in [9.17, 15) is 22.0 Å². The van der Waals surface area contributed by atoms with E-state index in [1.54, 1.807) is 24.3 Å². The summed E-state index contributed by atoms with van der Waals surface area (Å²) in [4.78, 5) is 0. The van der Waals surface area contributed by atoms with E-state index in [-0.39, 0.29) is 5.56 Å². The number of hydrogen-bond donors (Lipinski definition) is 0. The number of rotatable bonds is 2. The van der Waals surface area contributed by atoms with Gasteiger partial charge in [0.25, 0.3) is 0 Å². The Hall–Kier alpha value is -3.21. The van der Waals surface area contributed by atoms with Crippen LogP contribution in [0, 0.1) is 36.0 Å². The Labute approximate surface area is 157 Å². The normalized spacial score (nSPS) is 11.2. The Morgan fingerprint density at radius 3 is 1.71 bits per heavy atom. The summed E-state index contributed by atoms with van der Waals surface area (Å²) in [6.45, 7) is 1.90. The predicted molar refractivity (Wildman–Crippen MR) is 99.3 cm³/mol. The summed E-state index contributed by atoms with van der Waals surface area (Å²) in [5.41, 5.74) is 1.41. The van der Waals surface area contributed by atoms with Crippen LogP contribution in [-0.2, 0) is 0 Å². The van der Waals surface area contributed by atoms with Gasteiger partial charge in [-0.3, -0.25) is 0 Å². The van der Waals surface area contributed by atoms with Crippen LogP contribution in [0.25, 0.3) is 33.0 Å². The van der Waals surface area contributed by atoms with Crippen LogP contribution in [0.15, 0.2) is 60.7 Å². The zero-order valence-corrected chi connectivity index (χ0v) is 14.7. The third-order valence-corrected chi connectivity index (χ3v) is 4.71. The minimum absolute atomic E-state index is 0.0533. The summed E-state index contributed by atoms with van der Waals surface area (Å²) in [7, 11) is 0. The highest BCUT2D eigenvalue weighted by Gasteiger charge is 2.27. The second-order valence-corrected chi connectivity index (χ2v) is 6.52. The van der Waals surface area contributed by atoms with Gasteiger partial charge < -0.3 is 0 Å². The van der Waals surface area contributed by atoms with Crippen LogP contribution >= 0.6 is 0 Å². The van der Waals surface area contributed by atoms with Crippen LogP contribution in [0.3, 0.4) is 0 Å². The van der Waals surface area contributed by atoms with E-state index < -0.39 is 34.6 Å². The van der Waals surface area contributed by atoms with Crippen LogP contribution < -0.4 is 0 Å². The van der Waals surface area contributed by atoms with Crippen molar-refractivity contribution in [2.45, 2.75) is 6.92 Å². The predicted octanol–water partition coefficient (Wildman–Crippen LogP) is 7.18. The van der Waals surface area contributed by atoms with Crippen molar-refractivity contribution in [1.82, 2.24) is 0 Å². The molecule has 140 valence electrons. The number of aryl methyl sites for hydroxylation is 1. The fraction of sp³-hybridized carbons (Fsp3) is 0.0435. The first kappa shape index (κ1) is 18.2. The SMILES string of the molecule is Cc1cccc(-c2cccc3cccc(-c4c(F)c(F)c(F)c(F)c4F)c23)c1. The van der Waals surface area contributed by atoms with Crippen molar-refractivity contribution in [3.05, 3.63) is 95.3 Å². The molecule has 0 atom stereocenters. The molecule has 0 saturated heterocycles. The Kier molecular flexibility index (Phi) is 4.38. The van der Waals surface area contributed by atoms with Gasteiger partial charge in [-0.15, -0.1) is 0 Å². The highest BCUT2D eigenvalue weighted by atomic mass is 19.2. The second-order valence-electron chi connectivity index (χ2n) is 6.52. The smallest absolute Gasteiger partial charge is 0.200 e. The van der Waals surface area contributed by atoms with E-state index in [1.807, 2.05) is 31.2 Å². The van der Waals surface area contributed by atoms with E-state index in [2.05, 4.69) is 0 Å². The quantitative estimate of drug-likeness (QED) is 0.195. The van der Waals surface area contributed by atoms with Crippen LogP contribution in [0.4, 0.5) is 22.0 Å². The van der Waals surface area contributed by atoms with Crippen molar-refractivity contribution < 1.29 is 22.0 Å². The van der Waals surface area contributed by atoms with E-state index >= 15 is 0 Å². The Bertz CT molecular complexity index is 1190. The number of hydrogen-bond acceptors (Lipinski definition) is 0. The average molecular weight is 384 g/mol. The summed E-state index contributed by atoms with van der Waals surface area (Å²) in [6, 6.07) is 17.3. The highest BCUT2D eigenvalue weighted by Crippen LogP contribution is 2.40. The third-order valence-electron chi connectivity index (χ3n) is 4.71. The van der Waals surface area contributed by atoms with Crippen molar-refractivity contribution in [1.29, 1.82) is 0 Å². The van der Waals surface area contributed by atoms with Crippen molar-refractivity contribution >= 4 is 10.8 Å². The van der Waals surface area contributed by atoms with Crippen LogP contribution in [0.1, 0.15) is 5.56 Å². The number of halogens is 5. The molecule has 0 N–H and O–H groups in total. The molecule has 4 aromatic rings. The largest absolute Gasteiger partial charge is 0.203 e. The first-order valence-corrected chi connectivity index (χ1v) is 8.50. The molecular weight excluding hydrogens is 371 g/mol. The summed E-state index contributed by atoms with van der Waals surface area (Å²) < 4.78 is 70.1. The van der Waals surface area contributed by atoms with Gasteiger partial charge >= 0.3 is 0 Å². The molecule has 4 aromatic carbocycles. The van der Waals surface area contributed by atoms with Crippen LogP contribution in [-0.4, -0.2) is 0 Å². The van der Waals surface area contributed by atoms with Crippen LogP contribution in [0.5, 0.6) is 0 Å². The molecule has 5 heteroatoms. The van der Waals surface area contributed by atoms with Gasteiger partial charge in [-0.1, -0.05) is 66.2 Å². The monoisotopic (exact) mass is 384 g/mol. The average Bonchev–Trinajstić information content (AvgIpc) is 2.70. The van der Waals surface area contributed by atoms with Gasteiger partial charge in [-0.2, -0.15) is 0 Å². The molecule has 0 saturated carbocycles. The first-order chi connectivity index (χ1) is 13.4. The summed E-state index contributed by atoms with van der Waals surface area (Å²) in [6.07, 6.45) is 0. The van der Waals surface area contributed by atoms with Gasteiger partial charge in [0, 0.05) is 0 Å². The van der Waals surface area contributed by atoms with Crippen LogP contribution in [0.2, 0.25) is 0 Å². The maximum absolute atomic E-state index is 14.5. The molecule has 4 rings (SSSR count). The summed E-state index contributed by atoms with van der Waals surface area (Å²) in [5, 5.41) is 1.04. The maximum atomic E-state index is 14.5. The van der Waals surface area contributed by atoms with E-state index in [1.165, 1.54) is 12.1 Å². The summed E-state index contributed by atoms with van der Waals surface area (Å²) in [5.74, 6) is -9.78. The minimum atomic E-state index is -2.17. The molecule has 0 bridgehead atoms. The molecule has 0 aliphatic carbocycles. The first-order valence-electron chi connectivity index (χ1n) is 8.50. The Morgan fingerprint density at radius 2 is 1.11 bits per heavy atom. The lowest BCUT2D eigenvalue weighted by atomic mass is 9.90. The fourth-order valence-electron chi connectivity index (χ4n) is 3.44. The second kappa shape index (κ2) is 6.75. The van der Waals surface area contributed by atoms with Crippen molar-refractivity contribution in [2.24, 2.45) is 0 Å². The molecule has 0 heterocycles. The molecule has 0 amide bonds. The minimum Gasteiger partial charge on any atom is -0.203 e. The molecule has 0 nitrogen and oxygen atoms in total. The van der Waals surface area contributed by atoms with Crippen molar-refractivity contribution in [3.8, 4) is 22.3 Å². The van der Waals surface area contributed by atoms with Gasteiger partial charge in [0.2, 0.25) is 5.82 Å². The molecule has 0 unspecified atom stereocenters. The molecule has 0 spiro atoms. The molecule has 0 aromatic heterocycles. The molecule has 28 heavy (non-hydrogen) atoms.